The van der Waals surface area contributed by atoms with Crippen LogP contribution in [0, 0.1) is 0 Å². The maximum Gasteiger partial charge on any atom is 0.307 e. The Morgan fingerprint density at radius 3 is 2.53 bits per heavy atom. The van der Waals surface area contributed by atoms with E-state index in [2.05, 4.69) is 49.6 Å². The van der Waals surface area contributed by atoms with Crippen LogP contribution in [-0.2, 0) is 30.7 Å². The number of anilines is 1. The highest BCUT2D eigenvalue weighted by Gasteiger charge is 2.15. The molecule has 170 valence electrons. The van der Waals surface area contributed by atoms with Crippen LogP contribution in [0.2, 0.25) is 0 Å². The number of nitrogens with zero attached hydrogens (tertiary/aromatic N) is 6. The molecule has 9 nitrogen and oxygen atoms in total. The van der Waals surface area contributed by atoms with E-state index in [1.165, 1.54) is 11.9 Å². The number of fused-ring (bicyclic) bond motifs is 1. The van der Waals surface area contributed by atoms with Gasteiger partial charge in [0.1, 0.15) is 17.9 Å². The Kier molecular flexibility index (Phi) is 6.07. The molecule has 4 aromatic rings. The van der Waals surface area contributed by atoms with Gasteiger partial charge in [-0.15, -0.1) is 0 Å². The molecule has 0 saturated heterocycles. The number of carboxylic acid groups (broad SMARTS) is 1. The first-order valence-electron chi connectivity index (χ1n) is 11.0. The van der Waals surface area contributed by atoms with Gasteiger partial charge in [-0.05, 0) is 28.3 Å². The summed E-state index contributed by atoms with van der Waals surface area (Å²) >= 11 is 0. The molecule has 34 heavy (non-hydrogen) atoms. The molecule has 2 aromatic carbocycles. The van der Waals surface area contributed by atoms with Crippen molar-refractivity contribution in [3.05, 3.63) is 106 Å². The Labute approximate surface area is 195 Å². The Balaban J connectivity index is 1.28. The SMILES string of the molecule is O=C(O)Cc1ccccc1CNc1ncnc2c1=NC(Cc1ccc(Cn3cccn3)cc1)N=2. The number of benzene rings is 2. The van der Waals surface area contributed by atoms with Crippen LogP contribution in [0.1, 0.15) is 22.3 Å². The third kappa shape index (κ3) is 4.98. The van der Waals surface area contributed by atoms with Crippen LogP contribution in [0.25, 0.3) is 0 Å². The first kappa shape index (κ1) is 21.4. The van der Waals surface area contributed by atoms with E-state index in [9.17, 15) is 4.79 Å². The fourth-order valence-corrected chi connectivity index (χ4v) is 3.94. The van der Waals surface area contributed by atoms with Crippen LogP contribution in [-0.4, -0.2) is 37.0 Å². The molecule has 0 amide bonds. The average Bonchev–Trinajstić information content (AvgIpc) is 3.49. The monoisotopic (exact) mass is 453 g/mol. The molecular weight excluding hydrogens is 430 g/mol. The van der Waals surface area contributed by atoms with Crippen LogP contribution >= 0.6 is 0 Å². The summed E-state index contributed by atoms with van der Waals surface area (Å²) < 4.78 is 1.89. The molecule has 2 N–H and O–H groups in total. The van der Waals surface area contributed by atoms with E-state index in [1.807, 2.05) is 41.2 Å². The lowest BCUT2D eigenvalue weighted by molar-refractivity contribution is -0.136. The quantitative estimate of drug-likeness (QED) is 0.399. The Morgan fingerprint density at radius 2 is 1.76 bits per heavy atom. The maximum atomic E-state index is 11.2. The molecule has 9 heteroatoms. The van der Waals surface area contributed by atoms with E-state index >= 15 is 0 Å². The van der Waals surface area contributed by atoms with Gasteiger partial charge in [-0.25, -0.2) is 15.0 Å². The number of carbonyl (C=O) groups is 1. The molecule has 5 rings (SSSR count). The van der Waals surface area contributed by atoms with Crippen molar-refractivity contribution in [3.63, 3.8) is 0 Å². The largest absolute Gasteiger partial charge is 0.481 e. The lowest BCUT2D eigenvalue weighted by atomic mass is 10.0. The van der Waals surface area contributed by atoms with Gasteiger partial charge in [-0.3, -0.25) is 14.5 Å². The smallest absolute Gasteiger partial charge is 0.307 e. The predicted molar refractivity (Wildman–Crippen MR) is 125 cm³/mol. The standard InChI is InChI=1S/C25H23N7O2/c33-22(34)13-19-4-1-2-5-20(19)14-26-24-23-25(28-16-27-24)31-21(30-23)12-17-6-8-18(9-7-17)15-32-11-3-10-29-32/h1-11,16,21H,12-15H2,(H,33,34)(H,26,27,28,31). The first-order chi connectivity index (χ1) is 16.6. The topological polar surface area (TPSA) is 118 Å². The van der Waals surface area contributed by atoms with Crippen molar-refractivity contribution in [3.8, 4) is 0 Å². The Morgan fingerprint density at radius 1 is 0.971 bits per heavy atom. The van der Waals surface area contributed by atoms with E-state index in [-0.39, 0.29) is 12.6 Å². The average molecular weight is 454 g/mol. The minimum Gasteiger partial charge on any atom is -0.481 e. The van der Waals surface area contributed by atoms with Gasteiger partial charge in [0.05, 0.1) is 13.0 Å². The number of carboxylic acids is 1. The third-order valence-corrected chi connectivity index (χ3v) is 5.60. The molecule has 0 bridgehead atoms. The highest BCUT2D eigenvalue weighted by atomic mass is 16.4. The molecule has 1 unspecified atom stereocenters. The predicted octanol–water partition coefficient (Wildman–Crippen LogP) is 1.78. The molecule has 2 aromatic heterocycles. The zero-order chi connectivity index (χ0) is 23.3. The van der Waals surface area contributed by atoms with Gasteiger partial charge in [0.25, 0.3) is 0 Å². The van der Waals surface area contributed by atoms with Gasteiger partial charge in [0, 0.05) is 25.4 Å². The number of hydrogen-bond donors (Lipinski definition) is 2. The zero-order valence-corrected chi connectivity index (χ0v) is 18.4. The maximum absolute atomic E-state index is 11.2. The molecule has 1 aliphatic rings. The van der Waals surface area contributed by atoms with Gasteiger partial charge in [0.2, 0.25) is 0 Å². The minimum atomic E-state index is -0.860. The first-order valence-corrected chi connectivity index (χ1v) is 11.0. The summed E-state index contributed by atoms with van der Waals surface area (Å²) in [6.45, 7) is 1.17. The molecule has 0 radical (unpaired) electrons. The van der Waals surface area contributed by atoms with E-state index < -0.39 is 5.97 Å². The van der Waals surface area contributed by atoms with Crippen molar-refractivity contribution < 1.29 is 9.90 Å². The molecule has 1 aliphatic heterocycles. The number of aliphatic carboxylic acids is 1. The van der Waals surface area contributed by atoms with E-state index in [0.717, 1.165) is 23.2 Å². The second kappa shape index (κ2) is 9.62. The lowest BCUT2D eigenvalue weighted by Crippen LogP contribution is -2.30. The Hall–Kier alpha value is -4.40. The van der Waals surface area contributed by atoms with Crippen molar-refractivity contribution in [2.24, 2.45) is 9.98 Å². The van der Waals surface area contributed by atoms with Crippen molar-refractivity contribution in [2.75, 3.05) is 5.32 Å². The van der Waals surface area contributed by atoms with E-state index in [0.29, 0.717) is 29.6 Å². The van der Waals surface area contributed by atoms with Crippen LogP contribution < -0.4 is 16.2 Å². The Bertz CT molecular complexity index is 1420. The van der Waals surface area contributed by atoms with Crippen molar-refractivity contribution in [1.29, 1.82) is 0 Å². The van der Waals surface area contributed by atoms with Gasteiger partial charge in [-0.1, -0.05) is 48.5 Å². The van der Waals surface area contributed by atoms with E-state index in [4.69, 9.17) is 10.1 Å². The van der Waals surface area contributed by atoms with Crippen molar-refractivity contribution in [1.82, 2.24) is 19.7 Å². The van der Waals surface area contributed by atoms with Crippen LogP contribution in [0.4, 0.5) is 5.82 Å². The second-order valence-electron chi connectivity index (χ2n) is 8.05. The van der Waals surface area contributed by atoms with Crippen LogP contribution in [0.3, 0.4) is 0 Å². The molecule has 1 atom stereocenters. The zero-order valence-electron chi connectivity index (χ0n) is 18.4. The van der Waals surface area contributed by atoms with E-state index in [1.54, 1.807) is 6.20 Å². The van der Waals surface area contributed by atoms with Crippen molar-refractivity contribution >= 4 is 11.8 Å². The lowest BCUT2D eigenvalue weighted by Gasteiger charge is -2.09. The van der Waals surface area contributed by atoms with Gasteiger partial charge in [0.15, 0.2) is 11.3 Å². The summed E-state index contributed by atoms with van der Waals surface area (Å²) in [5.41, 5.74) is 4.55. The third-order valence-electron chi connectivity index (χ3n) is 5.60. The van der Waals surface area contributed by atoms with Gasteiger partial charge >= 0.3 is 5.97 Å². The van der Waals surface area contributed by atoms with Crippen molar-refractivity contribution in [2.45, 2.75) is 32.1 Å². The fraction of sp³-hybridized carbons (Fsp3) is 0.200. The summed E-state index contributed by atoms with van der Waals surface area (Å²) in [6.07, 6.45) is 5.56. The highest BCUT2D eigenvalue weighted by Crippen LogP contribution is 2.13. The second-order valence-corrected chi connectivity index (χ2v) is 8.05. The molecule has 0 aliphatic carbocycles. The molecular formula is C25H23N7O2. The van der Waals surface area contributed by atoms with Crippen LogP contribution in [0.5, 0.6) is 0 Å². The summed E-state index contributed by atoms with van der Waals surface area (Å²) in [6, 6.07) is 17.8. The molecule has 0 saturated carbocycles. The van der Waals surface area contributed by atoms with Gasteiger partial charge < -0.3 is 10.4 Å². The number of rotatable bonds is 9. The fourth-order valence-electron chi connectivity index (χ4n) is 3.94. The number of aromatic nitrogens is 4. The summed E-state index contributed by atoms with van der Waals surface area (Å²) in [5.74, 6) is -0.266. The summed E-state index contributed by atoms with van der Waals surface area (Å²) in [4.78, 5) is 29.2. The minimum absolute atomic E-state index is 0.0255. The van der Waals surface area contributed by atoms with Crippen LogP contribution in [0.15, 0.2) is 83.3 Å². The number of hydrogen-bond acceptors (Lipinski definition) is 7. The summed E-state index contributed by atoms with van der Waals surface area (Å²) in [7, 11) is 0. The summed E-state index contributed by atoms with van der Waals surface area (Å²) in [5, 5.41) is 17.3. The molecule has 0 spiro atoms. The molecule has 3 heterocycles. The highest BCUT2D eigenvalue weighted by molar-refractivity contribution is 5.70. The normalized spacial score (nSPS) is 14.2. The van der Waals surface area contributed by atoms with Gasteiger partial charge in [-0.2, -0.15) is 5.10 Å². The number of nitrogens with one attached hydrogen (secondary N) is 1. The molecule has 0 fully saturated rings.